The molecule has 2 N–H and O–H groups in total. The molecule has 0 aliphatic rings. The van der Waals surface area contributed by atoms with Crippen molar-refractivity contribution in [1.29, 1.82) is 0 Å². The van der Waals surface area contributed by atoms with Crippen LogP contribution >= 0.6 is 0 Å². The molecular formula is C16H14FNO. The molecule has 2 nitrogen and oxygen atoms in total. The summed E-state index contributed by atoms with van der Waals surface area (Å²) in [5.41, 5.74) is 9.26. The van der Waals surface area contributed by atoms with Crippen LogP contribution in [0.25, 0.3) is 22.3 Å². The zero-order valence-electron chi connectivity index (χ0n) is 10.6. The van der Waals surface area contributed by atoms with E-state index in [1.165, 1.54) is 17.7 Å². The molecule has 3 heteroatoms. The molecule has 0 bridgehead atoms. The minimum atomic E-state index is -0.281. The van der Waals surface area contributed by atoms with Crippen molar-refractivity contribution < 1.29 is 8.81 Å². The predicted octanol–water partition coefficient (Wildman–Crippen LogP) is 4.01. The van der Waals surface area contributed by atoms with E-state index in [2.05, 4.69) is 6.07 Å². The van der Waals surface area contributed by atoms with E-state index in [9.17, 15) is 4.39 Å². The number of halogens is 1. The van der Waals surface area contributed by atoms with E-state index in [1.807, 2.05) is 25.1 Å². The molecule has 1 aromatic heterocycles. The third-order valence-corrected chi connectivity index (χ3v) is 3.22. The second-order valence-electron chi connectivity index (χ2n) is 4.66. The monoisotopic (exact) mass is 255 g/mol. The molecule has 0 radical (unpaired) electrons. The predicted molar refractivity (Wildman–Crippen MR) is 74.2 cm³/mol. The van der Waals surface area contributed by atoms with Gasteiger partial charge in [0.05, 0.1) is 0 Å². The average Bonchev–Trinajstić information content (AvgIpc) is 2.81. The zero-order chi connectivity index (χ0) is 13.4. The van der Waals surface area contributed by atoms with Crippen molar-refractivity contribution in [1.82, 2.24) is 0 Å². The van der Waals surface area contributed by atoms with Crippen LogP contribution in [0.5, 0.6) is 0 Å². The topological polar surface area (TPSA) is 39.2 Å². The van der Waals surface area contributed by atoms with E-state index in [0.29, 0.717) is 0 Å². The second-order valence-corrected chi connectivity index (χ2v) is 4.66. The van der Waals surface area contributed by atoms with Gasteiger partial charge in [-0.1, -0.05) is 11.6 Å². The van der Waals surface area contributed by atoms with Gasteiger partial charge in [-0.25, -0.2) is 4.39 Å². The van der Waals surface area contributed by atoms with Crippen LogP contribution in [0.15, 0.2) is 46.9 Å². The molecule has 0 spiro atoms. The Labute approximate surface area is 110 Å². The Kier molecular flexibility index (Phi) is 2.84. The van der Waals surface area contributed by atoms with Crippen LogP contribution in [0.3, 0.4) is 0 Å². The summed E-state index contributed by atoms with van der Waals surface area (Å²) in [4.78, 5) is 0. The summed E-state index contributed by atoms with van der Waals surface area (Å²) in [5.74, 6) is 0.442. The van der Waals surface area contributed by atoms with E-state index in [1.54, 1.807) is 6.07 Å². The molecule has 3 aromatic rings. The molecule has 96 valence electrons. The van der Waals surface area contributed by atoms with Gasteiger partial charge in [0, 0.05) is 17.5 Å². The van der Waals surface area contributed by atoms with Crippen LogP contribution in [0.4, 0.5) is 4.39 Å². The molecule has 19 heavy (non-hydrogen) atoms. The Morgan fingerprint density at radius 1 is 1.11 bits per heavy atom. The number of rotatable bonds is 2. The summed E-state index contributed by atoms with van der Waals surface area (Å²) >= 11 is 0. The number of benzene rings is 2. The molecule has 0 saturated carbocycles. The van der Waals surface area contributed by atoms with Gasteiger partial charge < -0.3 is 10.2 Å². The van der Waals surface area contributed by atoms with Gasteiger partial charge in [0.25, 0.3) is 0 Å². The van der Waals surface area contributed by atoms with E-state index < -0.39 is 0 Å². The number of hydrogen-bond acceptors (Lipinski definition) is 2. The molecule has 3 rings (SSSR count). The first kappa shape index (κ1) is 11.9. The third kappa shape index (κ3) is 2.13. The summed E-state index contributed by atoms with van der Waals surface area (Å²) < 4.78 is 19.0. The average molecular weight is 255 g/mol. The first-order chi connectivity index (χ1) is 9.17. The van der Waals surface area contributed by atoms with Crippen molar-refractivity contribution >= 4 is 11.0 Å². The standard InChI is InChI=1S/C16H14FNO/c1-10-2-5-15-11(6-10)8-16(19-15)14-4-3-13(17)7-12(14)9-18/h2-8H,9,18H2,1H3. The third-order valence-electron chi connectivity index (χ3n) is 3.22. The van der Waals surface area contributed by atoms with Gasteiger partial charge >= 0.3 is 0 Å². The molecule has 0 saturated heterocycles. The number of nitrogens with two attached hydrogens (primary N) is 1. The van der Waals surface area contributed by atoms with Crippen molar-refractivity contribution in [3.63, 3.8) is 0 Å². The Bertz CT molecular complexity index is 746. The normalized spacial score (nSPS) is 11.1. The lowest BCUT2D eigenvalue weighted by Gasteiger charge is -2.04. The van der Waals surface area contributed by atoms with Crippen molar-refractivity contribution in [2.75, 3.05) is 0 Å². The van der Waals surface area contributed by atoms with Gasteiger partial charge in [-0.3, -0.25) is 0 Å². The summed E-state index contributed by atoms with van der Waals surface area (Å²) in [6, 6.07) is 12.6. The minimum Gasteiger partial charge on any atom is -0.456 e. The fourth-order valence-corrected chi connectivity index (χ4v) is 2.27. The lowest BCUT2D eigenvalue weighted by atomic mass is 10.0. The van der Waals surface area contributed by atoms with Crippen molar-refractivity contribution in [3.05, 3.63) is 59.4 Å². The fraction of sp³-hybridized carbons (Fsp3) is 0.125. The van der Waals surface area contributed by atoms with Crippen LogP contribution in [0.1, 0.15) is 11.1 Å². The molecule has 0 amide bonds. The minimum absolute atomic E-state index is 0.281. The molecule has 0 aliphatic heterocycles. The molecule has 2 aromatic carbocycles. The fourth-order valence-electron chi connectivity index (χ4n) is 2.27. The molecule has 0 aliphatic carbocycles. The summed E-state index contributed by atoms with van der Waals surface area (Å²) in [6.45, 7) is 2.32. The first-order valence-electron chi connectivity index (χ1n) is 6.16. The zero-order valence-corrected chi connectivity index (χ0v) is 10.6. The number of furan rings is 1. The van der Waals surface area contributed by atoms with E-state index in [0.717, 1.165) is 27.9 Å². The van der Waals surface area contributed by atoms with Crippen LogP contribution in [0, 0.1) is 12.7 Å². The van der Waals surface area contributed by atoms with Gasteiger partial charge in [0.2, 0.25) is 0 Å². The van der Waals surface area contributed by atoms with E-state index in [4.69, 9.17) is 10.2 Å². The van der Waals surface area contributed by atoms with Gasteiger partial charge in [-0.15, -0.1) is 0 Å². The SMILES string of the molecule is Cc1ccc2oc(-c3ccc(F)cc3CN)cc2c1. The summed E-state index contributed by atoms with van der Waals surface area (Å²) in [7, 11) is 0. The molecular weight excluding hydrogens is 241 g/mol. The van der Waals surface area contributed by atoms with Crippen molar-refractivity contribution in [2.45, 2.75) is 13.5 Å². The maximum Gasteiger partial charge on any atom is 0.135 e. The van der Waals surface area contributed by atoms with E-state index in [-0.39, 0.29) is 12.4 Å². The first-order valence-corrected chi connectivity index (χ1v) is 6.16. The highest BCUT2D eigenvalue weighted by Gasteiger charge is 2.10. The Balaban J connectivity index is 2.18. The molecule has 0 unspecified atom stereocenters. The Morgan fingerprint density at radius 3 is 2.74 bits per heavy atom. The van der Waals surface area contributed by atoms with Crippen molar-refractivity contribution in [3.8, 4) is 11.3 Å². The van der Waals surface area contributed by atoms with E-state index >= 15 is 0 Å². The van der Waals surface area contributed by atoms with Crippen LogP contribution < -0.4 is 5.73 Å². The van der Waals surface area contributed by atoms with Crippen molar-refractivity contribution in [2.24, 2.45) is 5.73 Å². The quantitative estimate of drug-likeness (QED) is 0.751. The van der Waals surface area contributed by atoms with Gasteiger partial charge in [-0.2, -0.15) is 0 Å². The maximum atomic E-state index is 13.2. The lowest BCUT2D eigenvalue weighted by Crippen LogP contribution is -1.99. The largest absolute Gasteiger partial charge is 0.456 e. The Morgan fingerprint density at radius 2 is 1.95 bits per heavy atom. The number of fused-ring (bicyclic) bond motifs is 1. The smallest absolute Gasteiger partial charge is 0.135 e. The maximum absolute atomic E-state index is 13.2. The van der Waals surface area contributed by atoms with Crippen LogP contribution in [0.2, 0.25) is 0 Å². The highest BCUT2D eigenvalue weighted by atomic mass is 19.1. The Hall–Kier alpha value is -2.13. The highest BCUT2D eigenvalue weighted by molar-refractivity contribution is 5.84. The van der Waals surface area contributed by atoms with Gasteiger partial charge in [0.15, 0.2) is 0 Å². The second kappa shape index (κ2) is 4.52. The van der Waals surface area contributed by atoms with Gasteiger partial charge in [-0.05, 0) is 48.9 Å². The van der Waals surface area contributed by atoms with Gasteiger partial charge in [0.1, 0.15) is 17.2 Å². The number of aryl methyl sites for hydroxylation is 1. The molecule has 0 fully saturated rings. The summed E-state index contributed by atoms with van der Waals surface area (Å²) in [5, 5.41) is 1.04. The number of hydrogen-bond donors (Lipinski definition) is 1. The molecule has 0 atom stereocenters. The molecule has 1 heterocycles. The van der Waals surface area contributed by atoms with Crippen LogP contribution in [-0.2, 0) is 6.54 Å². The highest BCUT2D eigenvalue weighted by Crippen LogP contribution is 2.30. The summed E-state index contributed by atoms with van der Waals surface area (Å²) in [6.07, 6.45) is 0. The van der Waals surface area contributed by atoms with Crippen LogP contribution in [-0.4, -0.2) is 0 Å². The lowest BCUT2D eigenvalue weighted by molar-refractivity contribution is 0.620.